The van der Waals surface area contributed by atoms with Gasteiger partial charge < -0.3 is 10.2 Å². The molecule has 2 aromatic heterocycles. The molecule has 0 unspecified atom stereocenters. The maximum Gasteiger partial charge on any atom is 0.350 e. The summed E-state index contributed by atoms with van der Waals surface area (Å²) in [6.07, 6.45) is 1.59. The first kappa shape index (κ1) is 18.4. The smallest absolute Gasteiger partial charge is 0.335 e. The molecule has 0 radical (unpaired) electrons. The van der Waals surface area contributed by atoms with Crippen molar-refractivity contribution in [1.82, 2.24) is 19.1 Å². The van der Waals surface area contributed by atoms with Crippen molar-refractivity contribution in [3.63, 3.8) is 0 Å². The van der Waals surface area contributed by atoms with E-state index in [0.717, 1.165) is 21.5 Å². The maximum absolute atomic E-state index is 12.4. The number of rotatable bonds is 5. The third-order valence-corrected chi connectivity index (χ3v) is 4.33. The number of nitrogens with one attached hydrogen (secondary N) is 1. The zero-order chi connectivity index (χ0) is 19.6. The summed E-state index contributed by atoms with van der Waals surface area (Å²) in [5.74, 6) is -0.678. The largest absolute Gasteiger partial charge is 0.350 e. The van der Waals surface area contributed by atoms with E-state index in [9.17, 15) is 14.4 Å². The number of benzene rings is 1. The van der Waals surface area contributed by atoms with E-state index in [1.165, 1.54) is 16.3 Å². The second-order valence-corrected chi connectivity index (χ2v) is 6.43. The summed E-state index contributed by atoms with van der Waals surface area (Å²) in [4.78, 5) is 38.2. The lowest BCUT2D eigenvalue weighted by molar-refractivity contribution is -0.134. The number of anilines is 1. The molecule has 0 fully saturated rings. The second-order valence-electron chi connectivity index (χ2n) is 6.43. The molecule has 2 amide bonds. The first-order valence-electron chi connectivity index (χ1n) is 8.51. The molecule has 0 aliphatic carbocycles. The number of para-hydroxylation sites is 1. The van der Waals surface area contributed by atoms with Gasteiger partial charge in [-0.3, -0.25) is 14.0 Å². The molecule has 0 atom stereocenters. The average Bonchev–Trinajstić information content (AvgIpc) is 2.94. The normalized spacial score (nSPS) is 10.8. The minimum atomic E-state index is -0.396. The molecule has 0 aliphatic heterocycles. The first-order valence-corrected chi connectivity index (χ1v) is 8.51. The summed E-state index contributed by atoms with van der Waals surface area (Å²) in [5, 5.41) is 6.96. The Morgan fingerprint density at radius 3 is 2.48 bits per heavy atom. The van der Waals surface area contributed by atoms with Crippen molar-refractivity contribution in [3.8, 4) is 0 Å². The van der Waals surface area contributed by atoms with Gasteiger partial charge in [-0.2, -0.15) is 0 Å². The molecule has 3 rings (SSSR count). The molecule has 2 heterocycles. The molecule has 3 aromatic rings. The molecule has 0 saturated carbocycles. The fourth-order valence-electron chi connectivity index (χ4n) is 2.81. The van der Waals surface area contributed by atoms with Crippen LogP contribution in [0.15, 0.2) is 47.4 Å². The summed E-state index contributed by atoms with van der Waals surface area (Å²) in [5.41, 5.74) is 2.72. The van der Waals surface area contributed by atoms with E-state index in [1.54, 1.807) is 24.4 Å². The number of hydrogen-bond donors (Lipinski definition) is 1. The summed E-state index contributed by atoms with van der Waals surface area (Å²) in [6, 6.07) is 10.9. The van der Waals surface area contributed by atoms with E-state index in [-0.39, 0.29) is 24.9 Å². The van der Waals surface area contributed by atoms with Crippen molar-refractivity contribution in [2.75, 3.05) is 18.9 Å². The zero-order valence-corrected chi connectivity index (χ0v) is 15.5. The van der Waals surface area contributed by atoms with Crippen molar-refractivity contribution in [2.24, 2.45) is 0 Å². The van der Waals surface area contributed by atoms with Gasteiger partial charge in [0.1, 0.15) is 6.54 Å². The third-order valence-electron chi connectivity index (χ3n) is 4.33. The number of carbonyl (C=O) groups is 2. The Labute approximate surface area is 156 Å². The predicted octanol–water partition coefficient (Wildman–Crippen LogP) is 1.21. The van der Waals surface area contributed by atoms with Crippen LogP contribution in [0.2, 0.25) is 0 Å². The van der Waals surface area contributed by atoms with Gasteiger partial charge in [0.15, 0.2) is 5.65 Å². The Morgan fingerprint density at radius 2 is 1.81 bits per heavy atom. The number of fused-ring (bicyclic) bond motifs is 1. The molecule has 8 heteroatoms. The fourth-order valence-corrected chi connectivity index (χ4v) is 2.81. The predicted molar refractivity (Wildman–Crippen MR) is 102 cm³/mol. The molecular formula is C19H21N5O3. The lowest BCUT2D eigenvalue weighted by atomic mass is 10.1. The molecule has 27 heavy (non-hydrogen) atoms. The van der Waals surface area contributed by atoms with E-state index < -0.39 is 5.69 Å². The molecule has 1 N–H and O–H groups in total. The highest BCUT2D eigenvalue weighted by atomic mass is 16.2. The summed E-state index contributed by atoms with van der Waals surface area (Å²) >= 11 is 0. The Kier molecular flexibility index (Phi) is 5.07. The van der Waals surface area contributed by atoms with Crippen LogP contribution in [0.25, 0.3) is 5.65 Å². The van der Waals surface area contributed by atoms with Crippen LogP contribution in [-0.2, 0) is 16.1 Å². The van der Waals surface area contributed by atoms with Crippen molar-refractivity contribution in [1.29, 1.82) is 0 Å². The number of pyridine rings is 1. The van der Waals surface area contributed by atoms with E-state index in [1.807, 2.05) is 32.0 Å². The van der Waals surface area contributed by atoms with Gasteiger partial charge in [-0.05, 0) is 37.1 Å². The molecule has 0 bridgehead atoms. The van der Waals surface area contributed by atoms with Crippen LogP contribution in [0.5, 0.6) is 0 Å². The fraction of sp³-hybridized carbons (Fsp3) is 0.263. The van der Waals surface area contributed by atoms with Crippen LogP contribution < -0.4 is 11.0 Å². The van der Waals surface area contributed by atoms with Gasteiger partial charge in [0, 0.05) is 18.9 Å². The van der Waals surface area contributed by atoms with Gasteiger partial charge >= 0.3 is 5.69 Å². The number of aryl methyl sites for hydroxylation is 2. The van der Waals surface area contributed by atoms with Crippen LogP contribution in [0, 0.1) is 13.8 Å². The number of hydrogen-bond acceptors (Lipinski definition) is 4. The molecule has 0 aliphatic rings. The van der Waals surface area contributed by atoms with Crippen LogP contribution in [-0.4, -0.2) is 44.5 Å². The SMILES string of the molecule is Cc1cccc(C)c1NC(=O)CN(C)C(=O)Cn1nc2ccccn2c1=O. The number of carbonyl (C=O) groups excluding carboxylic acids is 2. The van der Waals surface area contributed by atoms with E-state index in [4.69, 9.17) is 0 Å². The first-order chi connectivity index (χ1) is 12.9. The Balaban J connectivity index is 1.65. The summed E-state index contributed by atoms with van der Waals surface area (Å²) < 4.78 is 2.46. The van der Waals surface area contributed by atoms with Gasteiger partial charge in [0.05, 0.1) is 6.54 Å². The van der Waals surface area contributed by atoms with Crippen molar-refractivity contribution in [2.45, 2.75) is 20.4 Å². The number of nitrogens with zero attached hydrogens (tertiary/aromatic N) is 4. The monoisotopic (exact) mass is 367 g/mol. The average molecular weight is 367 g/mol. The highest BCUT2D eigenvalue weighted by Gasteiger charge is 2.17. The van der Waals surface area contributed by atoms with Crippen LogP contribution in [0.4, 0.5) is 5.69 Å². The molecule has 0 spiro atoms. The topological polar surface area (TPSA) is 88.7 Å². The molecule has 8 nitrogen and oxygen atoms in total. The van der Waals surface area contributed by atoms with Crippen LogP contribution in [0.3, 0.4) is 0 Å². The lowest BCUT2D eigenvalue weighted by Crippen LogP contribution is -2.39. The van der Waals surface area contributed by atoms with Crippen LogP contribution >= 0.6 is 0 Å². The van der Waals surface area contributed by atoms with Crippen molar-refractivity contribution in [3.05, 3.63) is 64.2 Å². The van der Waals surface area contributed by atoms with Crippen LogP contribution in [0.1, 0.15) is 11.1 Å². The Bertz CT molecular complexity index is 1050. The van der Waals surface area contributed by atoms with E-state index >= 15 is 0 Å². The Morgan fingerprint density at radius 1 is 1.11 bits per heavy atom. The lowest BCUT2D eigenvalue weighted by Gasteiger charge is -2.18. The maximum atomic E-state index is 12.4. The van der Waals surface area contributed by atoms with E-state index in [2.05, 4.69) is 10.4 Å². The Hall–Kier alpha value is -3.42. The highest BCUT2D eigenvalue weighted by molar-refractivity contribution is 5.95. The summed E-state index contributed by atoms with van der Waals surface area (Å²) in [7, 11) is 1.52. The van der Waals surface area contributed by atoms with Gasteiger partial charge in [0.2, 0.25) is 11.8 Å². The van der Waals surface area contributed by atoms with E-state index in [0.29, 0.717) is 5.65 Å². The number of amides is 2. The minimum absolute atomic E-state index is 0.116. The number of aromatic nitrogens is 3. The summed E-state index contributed by atoms with van der Waals surface area (Å²) in [6.45, 7) is 3.48. The standard InChI is InChI=1S/C19H21N5O3/c1-13-7-6-8-14(2)18(13)20-16(25)11-22(3)17(26)12-24-19(27)23-10-5-4-9-15(23)21-24/h4-10H,11-12H2,1-3H3,(H,20,25). The van der Waals surface area contributed by atoms with Gasteiger partial charge in [-0.25, -0.2) is 9.48 Å². The zero-order valence-electron chi connectivity index (χ0n) is 15.5. The minimum Gasteiger partial charge on any atom is -0.335 e. The van der Waals surface area contributed by atoms with Crippen molar-refractivity contribution < 1.29 is 9.59 Å². The molecule has 0 saturated heterocycles. The molecule has 1 aromatic carbocycles. The van der Waals surface area contributed by atoms with Gasteiger partial charge in [-0.15, -0.1) is 5.10 Å². The van der Waals surface area contributed by atoms with Crippen molar-refractivity contribution >= 4 is 23.1 Å². The number of likely N-dealkylation sites (N-methyl/N-ethyl adjacent to an activating group) is 1. The van der Waals surface area contributed by atoms with Gasteiger partial charge in [0.25, 0.3) is 0 Å². The third kappa shape index (κ3) is 3.89. The highest BCUT2D eigenvalue weighted by Crippen LogP contribution is 2.19. The molecular weight excluding hydrogens is 346 g/mol. The second kappa shape index (κ2) is 7.45. The quantitative estimate of drug-likeness (QED) is 0.734. The molecule has 140 valence electrons. The van der Waals surface area contributed by atoms with Gasteiger partial charge in [-0.1, -0.05) is 24.3 Å².